The van der Waals surface area contributed by atoms with Gasteiger partial charge < -0.3 is 9.73 Å². The monoisotopic (exact) mass is 220 g/mol. The van der Waals surface area contributed by atoms with Crippen molar-refractivity contribution in [3.63, 3.8) is 0 Å². The van der Waals surface area contributed by atoms with Crippen LogP contribution in [0.1, 0.15) is 16.8 Å². The zero-order valence-electron chi connectivity index (χ0n) is 8.87. The molecule has 0 aliphatic heterocycles. The van der Waals surface area contributed by atoms with Gasteiger partial charge in [-0.1, -0.05) is 0 Å². The molecule has 0 aliphatic carbocycles. The summed E-state index contributed by atoms with van der Waals surface area (Å²) in [5, 5.41) is 2.91. The molecule has 0 bridgehead atoms. The van der Waals surface area contributed by atoms with Crippen molar-refractivity contribution >= 4 is 16.9 Å². The summed E-state index contributed by atoms with van der Waals surface area (Å²) < 4.78 is 4.88. The molecule has 1 aromatic heterocycles. The number of fused-ring (bicyclic) bond motifs is 1. The Balaban J connectivity index is 2.31. The zero-order valence-corrected chi connectivity index (χ0v) is 8.87. The number of benzene rings is 1. The molecule has 84 valence electrons. The van der Waals surface area contributed by atoms with E-state index in [1.54, 1.807) is 25.2 Å². The second kappa shape index (κ2) is 4.32. The Bertz CT molecular complexity index is 568. The van der Waals surface area contributed by atoms with Crippen LogP contribution < -0.4 is 11.1 Å². The van der Waals surface area contributed by atoms with Crippen LogP contribution in [0.5, 0.6) is 0 Å². The average molecular weight is 220 g/mol. The van der Waals surface area contributed by atoms with Crippen molar-refractivity contribution < 1.29 is 9.21 Å². The maximum Gasteiger partial charge on any atom is 0.417 e. The number of oxazole rings is 1. The summed E-state index contributed by atoms with van der Waals surface area (Å²) in [6.07, 6.45) is 0.427. The van der Waals surface area contributed by atoms with E-state index < -0.39 is 5.76 Å². The van der Waals surface area contributed by atoms with Crippen molar-refractivity contribution in [2.45, 2.75) is 6.42 Å². The lowest BCUT2D eigenvalue weighted by Crippen LogP contribution is -2.12. The van der Waals surface area contributed by atoms with Gasteiger partial charge in [-0.2, -0.15) is 0 Å². The van der Waals surface area contributed by atoms with Crippen LogP contribution in [0.4, 0.5) is 0 Å². The predicted molar refractivity (Wildman–Crippen MR) is 59.7 cm³/mol. The highest BCUT2D eigenvalue weighted by molar-refractivity contribution is 5.98. The van der Waals surface area contributed by atoms with Crippen LogP contribution >= 0.6 is 0 Å². The van der Waals surface area contributed by atoms with Crippen LogP contribution in [0.15, 0.2) is 27.4 Å². The van der Waals surface area contributed by atoms with E-state index in [1.807, 2.05) is 0 Å². The highest BCUT2D eigenvalue weighted by atomic mass is 16.4. The highest BCUT2D eigenvalue weighted by Crippen LogP contribution is 2.13. The number of rotatable bonds is 4. The van der Waals surface area contributed by atoms with E-state index >= 15 is 0 Å². The summed E-state index contributed by atoms with van der Waals surface area (Å²) in [4.78, 5) is 25.1. The van der Waals surface area contributed by atoms with E-state index in [2.05, 4.69) is 10.3 Å². The van der Waals surface area contributed by atoms with Crippen LogP contribution in [0.3, 0.4) is 0 Å². The Morgan fingerprint density at radius 3 is 3.06 bits per heavy atom. The molecule has 2 aromatic rings. The second-order valence-electron chi connectivity index (χ2n) is 3.50. The number of nitrogens with one attached hydrogen (secondary N) is 2. The largest absolute Gasteiger partial charge is 0.417 e. The summed E-state index contributed by atoms with van der Waals surface area (Å²) in [5.41, 5.74) is 1.58. The van der Waals surface area contributed by atoms with Crippen molar-refractivity contribution in [1.82, 2.24) is 10.3 Å². The summed E-state index contributed by atoms with van der Waals surface area (Å²) >= 11 is 0. The van der Waals surface area contributed by atoms with E-state index in [0.717, 1.165) is 0 Å². The number of aromatic amines is 1. The number of hydrogen-bond donors (Lipinski definition) is 2. The van der Waals surface area contributed by atoms with Crippen molar-refractivity contribution in [2.24, 2.45) is 0 Å². The normalized spacial score (nSPS) is 10.8. The first-order chi connectivity index (χ1) is 7.70. The Morgan fingerprint density at radius 1 is 1.50 bits per heavy atom. The van der Waals surface area contributed by atoms with Crippen LogP contribution in [-0.4, -0.2) is 24.4 Å². The fraction of sp³-hybridized carbons (Fsp3) is 0.273. The lowest BCUT2D eigenvalue weighted by Gasteiger charge is -1.99. The highest BCUT2D eigenvalue weighted by Gasteiger charge is 2.08. The Labute approximate surface area is 91.5 Å². The number of aromatic nitrogens is 1. The van der Waals surface area contributed by atoms with E-state index in [1.165, 1.54) is 0 Å². The summed E-state index contributed by atoms with van der Waals surface area (Å²) in [5.74, 6) is -0.477. The molecule has 0 spiro atoms. The maximum atomic E-state index is 11.7. The first kappa shape index (κ1) is 10.6. The van der Waals surface area contributed by atoms with Gasteiger partial charge in [-0.15, -0.1) is 0 Å². The van der Waals surface area contributed by atoms with Gasteiger partial charge in [-0.25, -0.2) is 4.79 Å². The van der Waals surface area contributed by atoms with Gasteiger partial charge in [0, 0.05) is 18.5 Å². The molecule has 0 aliphatic rings. The van der Waals surface area contributed by atoms with Gasteiger partial charge in [0.15, 0.2) is 11.4 Å². The predicted octanol–water partition coefficient (Wildman–Crippen LogP) is 0.913. The molecule has 0 radical (unpaired) electrons. The number of carbonyl (C=O) groups excluding carboxylic acids is 1. The molecule has 5 heteroatoms. The molecule has 5 nitrogen and oxygen atoms in total. The fourth-order valence-corrected chi connectivity index (χ4v) is 1.50. The molecule has 1 heterocycles. The van der Waals surface area contributed by atoms with Gasteiger partial charge in [-0.3, -0.25) is 9.78 Å². The number of H-pyrrole nitrogens is 1. The van der Waals surface area contributed by atoms with Crippen molar-refractivity contribution in [1.29, 1.82) is 0 Å². The summed E-state index contributed by atoms with van der Waals surface area (Å²) in [6, 6.07) is 4.95. The van der Waals surface area contributed by atoms with E-state index in [9.17, 15) is 9.59 Å². The van der Waals surface area contributed by atoms with Gasteiger partial charge in [0.1, 0.15) is 0 Å². The summed E-state index contributed by atoms with van der Waals surface area (Å²) in [7, 11) is 1.79. The lowest BCUT2D eigenvalue weighted by atomic mass is 10.1. The third-order valence-corrected chi connectivity index (χ3v) is 2.35. The third-order valence-electron chi connectivity index (χ3n) is 2.35. The van der Waals surface area contributed by atoms with E-state index in [-0.39, 0.29) is 5.78 Å². The third kappa shape index (κ3) is 2.04. The minimum absolute atomic E-state index is 0.0279. The second-order valence-corrected chi connectivity index (χ2v) is 3.50. The fourth-order valence-electron chi connectivity index (χ4n) is 1.50. The molecule has 0 amide bonds. The van der Waals surface area contributed by atoms with Gasteiger partial charge in [0.2, 0.25) is 0 Å². The molecular weight excluding hydrogens is 208 g/mol. The minimum Gasteiger partial charge on any atom is -0.408 e. The lowest BCUT2D eigenvalue weighted by molar-refractivity contribution is 0.0983. The van der Waals surface area contributed by atoms with E-state index in [4.69, 9.17) is 4.42 Å². The molecule has 1 aromatic carbocycles. The SMILES string of the molecule is CNCCC(=O)c1ccc2[nH]c(=O)oc2c1. The Morgan fingerprint density at radius 2 is 2.31 bits per heavy atom. The number of hydrogen-bond acceptors (Lipinski definition) is 4. The minimum atomic E-state index is -0.505. The van der Waals surface area contributed by atoms with Crippen LogP contribution in [0, 0.1) is 0 Å². The number of carbonyl (C=O) groups is 1. The zero-order chi connectivity index (χ0) is 11.5. The Hall–Kier alpha value is -1.88. The maximum absolute atomic E-state index is 11.7. The molecule has 0 unspecified atom stereocenters. The van der Waals surface area contributed by atoms with E-state index in [0.29, 0.717) is 29.6 Å². The van der Waals surface area contributed by atoms with Gasteiger partial charge in [0.25, 0.3) is 0 Å². The number of ketones is 1. The molecule has 0 saturated carbocycles. The molecule has 2 N–H and O–H groups in total. The molecular formula is C11H12N2O3. The summed E-state index contributed by atoms with van der Waals surface area (Å²) in [6.45, 7) is 0.633. The molecule has 2 rings (SSSR count). The molecule has 0 atom stereocenters. The number of Topliss-reactive ketones (excluding diaryl/α,β-unsaturated/α-hetero) is 1. The van der Waals surface area contributed by atoms with Crippen molar-refractivity contribution in [2.75, 3.05) is 13.6 Å². The van der Waals surface area contributed by atoms with Crippen LogP contribution in [-0.2, 0) is 0 Å². The quantitative estimate of drug-likeness (QED) is 0.751. The van der Waals surface area contributed by atoms with Crippen molar-refractivity contribution in [3.05, 3.63) is 34.3 Å². The molecule has 0 fully saturated rings. The standard InChI is InChI=1S/C11H12N2O3/c1-12-5-4-9(14)7-2-3-8-10(6-7)16-11(15)13-8/h2-3,6,12H,4-5H2,1H3,(H,13,15). The molecule has 16 heavy (non-hydrogen) atoms. The van der Waals surface area contributed by atoms with Crippen molar-refractivity contribution in [3.8, 4) is 0 Å². The van der Waals surface area contributed by atoms with Crippen LogP contribution in [0.2, 0.25) is 0 Å². The average Bonchev–Trinajstić information content (AvgIpc) is 2.64. The van der Waals surface area contributed by atoms with Gasteiger partial charge >= 0.3 is 5.76 Å². The topological polar surface area (TPSA) is 75.1 Å². The smallest absolute Gasteiger partial charge is 0.408 e. The van der Waals surface area contributed by atoms with Crippen LogP contribution in [0.25, 0.3) is 11.1 Å². The first-order valence-corrected chi connectivity index (χ1v) is 5.01. The first-order valence-electron chi connectivity index (χ1n) is 5.01. The molecule has 0 saturated heterocycles. The van der Waals surface area contributed by atoms with Gasteiger partial charge in [-0.05, 0) is 25.2 Å². The Kier molecular flexibility index (Phi) is 2.87. The van der Waals surface area contributed by atoms with Gasteiger partial charge in [0.05, 0.1) is 5.52 Å².